The van der Waals surface area contributed by atoms with E-state index in [-0.39, 0.29) is 37.0 Å². The molecule has 0 radical (unpaired) electrons. The number of anilines is 2. The number of carboxylic acids is 1. The summed E-state index contributed by atoms with van der Waals surface area (Å²) < 4.78 is 12.8. The van der Waals surface area contributed by atoms with Crippen molar-refractivity contribution in [2.75, 3.05) is 16.4 Å². The van der Waals surface area contributed by atoms with E-state index in [1.54, 1.807) is 11.8 Å². The minimum atomic E-state index is -0.819. The van der Waals surface area contributed by atoms with Crippen LogP contribution in [0.4, 0.5) is 11.4 Å². The lowest BCUT2D eigenvalue weighted by Crippen LogP contribution is -2.31. The van der Waals surface area contributed by atoms with Crippen LogP contribution < -0.4 is 10.6 Å². The molecule has 3 aromatic carbocycles. The van der Waals surface area contributed by atoms with E-state index < -0.39 is 12.3 Å². The number of amides is 2. The summed E-state index contributed by atoms with van der Waals surface area (Å²) in [6, 6.07) is 22.9. The number of rotatable bonds is 14. The second kappa shape index (κ2) is 16.2. The van der Waals surface area contributed by atoms with Gasteiger partial charge in [-0.3, -0.25) is 14.4 Å². The lowest BCUT2D eigenvalue weighted by atomic mass is 10.0. The van der Waals surface area contributed by atoms with Gasteiger partial charge in [0.25, 0.3) is 0 Å². The Hall–Kier alpha value is -3.70. The van der Waals surface area contributed by atoms with Crippen molar-refractivity contribution in [1.29, 1.82) is 0 Å². The van der Waals surface area contributed by atoms with Crippen molar-refractivity contribution >= 4 is 40.9 Å². The van der Waals surface area contributed by atoms with Crippen molar-refractivity contribution in [3.05, 3.63) is 89.5 Å². The SMILES string of the molecule is CC(=O)Nc1ccc(SC[C@H]2C[C@@H](c3ccc(CO)cc3)O[C@@H](c3ccc(NC(=O)CCCCCC(=O)O)cc3)O2)cc1. The number of hydrogen-bond donors (Lipinski definition) is 4. The maximum absolute atomic E-state index is 12.3. The van der Waals surface area contributed by atoms with Crippen LogP contribution in [0.2, 0.25) is 0 Å². The lowest BCUT2D eigenvalue weighted by Gasteiger charge is -2.36. The normalized spacial score (nSPS) is 18.1. The average molecular weight is 607 g/mol. The molecule has 0 unspecified atom stereocenters. The first-order chi connectivity index (χ1) is 20.8. The molecule has 1 fully saturated rings. The number of aliphatic carboxylic acids is 1. The number of thioether (sulfide) groups is 1. The number of carbonyl (C=O) groups is 3. The number of aliphatic hydroxyl groups excluding tert-OH is 1. The first-order valence-corrected chi connectivity index (χ1v) is 15.4. The average Bonchev–Trinajstić information content (AvgIpc) is 3.00. The smallest absolute Gasteiger partial charge is 0.303 e. The van der Waals surface area contributed by atoms with E-state index in [1.165, 1.54) is 6.92 Å². The third-order valence-electron chi connectivity index (χ3n) is 6.99. The molecule has 228 valence electrons. The fraction of sp³-hybridized carbons (Fsp3) is 0.364. The summed E-state index contributed by atoms with van der Waals surface area (Å²) in [5, 5.41) is 23.8. The van der Waals surface area contributed by atoms with Gasteiger partial charge in [-0.15, -0.1) is 11.8 Å². The van der Waals surface area contributed by atoms with Crippen LogP contribution in [0.3, 0.4) is 0 Å². The number of ether oxygens (including phenoxy) is 2. The minimum Gasteiger partial charge on any atom is -0.481 e. The maximum atomic E-state index is 12.3. The summed E-state index contributed by atoms with van der Waals surface area (Å²) in [5.41, 5.74) is 4.09. The largest absolute Gasteiger partial charge is 0.481 e. The molecule has 3 atom stereocenters. The number of benzene rings is 3. The van der Waals surface area contributed by atoms with Crippen molar-refractivity contribution in [1.82, 2.24) is 0 Å². The monoisotopic (exact) mass is 606 g/mol. The number of nitrogens with one attached hydrogen (secondary N) is 2. The van der Waals surface area contributed by atoms with E-state index >= 15 is 0 Å². The summed E-state index contributed by atoms with van der Waals surface area (Å²) in [6.07, 6.45) is 2.09. The molecule has 9 nitrogen and oxygen atoms in total. The summed E-state index contributed by atoms with van der Waals surface area (Å²) in [6.45, 7) is 1.46. The van der Waals surface area contributed by atoms with Crippen LogP contribution in [0.15, 0.2) is 77.7 Å². The first-order valence-electron chi connectivity index (χ1n) is 14.4. The highest BCUT2D eigenvalue weighted by Gasteiger charge is 2.32. The summed E-state index contributed by atoms with van der Waals surface area (Å²) in [7, 11) is 0. The van der Waals surface area contributed by atoms with Crippen molar-refractivity contribution < 1.29 is 34.1 Å². The fourth-order valence-electron chi connectivity index (χ4n) is 4.74. The summed E-state index contributed by atoms with van der Waals surface area (Å²) in [5.74, 6) is -0.339. The zero-order chi connectivity index (χ0) is 30.6. The minimum absolute atomic E-state index is 0.0227. The number of unbranched alkanes of at least 4 members (excludes halogenated alkanes) is 2. The van der Waals surface area contributed by atoms with Gasteiger partial charge in [-0.05, 0) is 60.4 Å². The van der Waals surface area contributed by atoms with Gasteiger partial charge < -0.3 is 30.3 Å². The second-order valence-corrected chi connectivity index (χ2v) is 11.6. The molecule has 1 saturated heterocycles. The van der Waals surface area contributed by atoms with Gasteiger partial charge in [0.2, 0.25) is 11.8 Å². The second-order valence-electron chi connectivity index (χ2n) is 10.5. The molecule has 0 saturated carbocycles. The Balaban J connectivity index is 1.39. The molecule has 3 aromatic rings. The fourth-order valence-corrected chi connectivity index (χ4v) is 5.66. The molecule has 0 spiro atoms. The third kappa shape index (κ3) is 10.5. The van der Waals surface area contributed by atoms with Gasteiger partial charge in [-0.1, -0.05) is 42.8 Å². The predicted molar refractivity (Wildman–Crippen MR) is 166 cm³/mol. The third-order valence-corrected chi connectivity index (χ3v) is 8.13. The highest BCUT2D eigenvalue weighted by Crippen LogP contribution is 2.39. The standard InChI is InChI=1S/C33H38N2O7S/c1-22(37)34-26-15-17-29(18-16-26)43-21-28-19-30(24-9-7-23(20-36)8-10-24)42-33(41-28)25-11-13-27(14-12-25)35-31(38)5-3-2-4-6-32(39)40/h7-18,28,30,33,36H,2-6,19-21H2,1H3,(H,34,37)(H,35,38)(H,39,40)/t28-,30+,33+/m1/s1. The molecular formula is C33H38N2O7S. The van der Waals surface area contributed by atoms with Gasteiger partial charge in [-0.25, -0.2) is 0 Å². The highest BCUT2D eigenvalue weighted by molar-refractivity contribution is 7.99. The van der Waals surface area contributed by atoms with Crippen LogP contribution in [0.1, 0.15) is 74.5 Å². The molecule has 0 aromatic heterocycles. The summed E-state index contributed by atoms with van der Waals surface area (Å²) in [4.78, 5) is 35.3. The van der Waals surface area contributed by atoms with Crippen LogP contribution in [0.25, 0.3) is 0 Å². The number of carboxylic acid groups (broad SMARTS) is 1. The van der Waals surface area contributed by atoms with Crippen LogP contribution in [0.5, 0.6) is 0 Å². The van der Waals surface area contributed by atoms with E-state index in [1.807, 2.05) is 72.8 Å². The molecule has 4 rings (SSSR count). The van der Waals surface area contributed by atoms with Gasteiger partial charge in [0.15, 0.2) is 6.29 Å². The molecule has 0 bridgehead atoms. The van der Waals surface area contributed by atoms with E-state index in [9.17, 15) is 19.5 Å². The van der Waals surface area contributed by atoms with Crippen molar-refractivity contribution in [3.63, 3.8) is 0 Å². The van der Waals surface area contributed by atoms with Crippen LogP contribution in [-0.2, 0) is 30.5 Å². The molecule has 4 N–H and O–H groups in total. The molecule has 43 heavy (non-hydrogen) atoms. The Bertz CT molecular complexity index is 1350. The van der Waals surface area contributed by atoms with Gasteiger partial charge >= 0.3 is 5.97 Å². The first kappa shape index (κ1) is 32.2. The highest BCUT2D eigenvalue weighted by atomic mass is 32.2. The molecule has 0 aliphatic carbocycles. The van der Waals surface area contributed by atoms with E-state index in [0.717, 1.165) is 27.3 Å². The van der Waals surface area contributed by atoms with Crippen molar-refractivity contribution in [2.24, 2.45) is 0 Å². The predicted octanol–water partition coefficient (Wildman–Crippen LogP) is 6.45. The Kier molecular flexibility index (Phi) is 12.2. The van der Waals surface area contributed by atoms with Crippen molar-refractivity contribution in [2.45, 2.75) is 75.4 Å². The lowest BCUT2D eigenvalue weighted by molar-refractivity contribution is -0.245. The van der Waals surface area contributed by atoms with E-state index in [0.29, 0.717) is 43.5 Å². The molecule has 2 amide bonds. The molecule has 1 aliphatic heterocycles. The van der Waals surface area contributed by atoms with Gasteiger partial charge in [0.1, 0.15) is 0 Å². The van der Waals surface area contributed by atoms with Crippen LogP contribution in [-0.4, -0.2) is 39.9 Å². The van der Waals surface area contributed by atoms with E-state index in [4.69, 9.17) is 14.6 Å². The Morgan fingerprint density at radius 1 is 0.814 bits per heavy atom. The summed E-state index contributed by atoms with van der Waals surface area (Å²) >= 11 is 1.67. The van der Waals surface area contributed by atoms with Gasteiger partial charge in [0, 0.05) is 53.8 Å². The maximum Gasteiger partial charge on any atom is 0.303 e. The number of aliphatic hydroxyl groups is 1. The van der Waals surface area contributed by atoms with Crippen LogP contribution in [0, 0.1) is 0 Å². The van der Waals surface area contributed by atoms with E-state index in [2.05, 4.69) is 10.6 Å². The molecule has 1 heterocycles. The Labute approximate surface area is 256 Å². The zero-order valence-corrected chi connectivity index (χ0v) is 25.0. The Morgan fingerprint density at radius 2 is 1.44 bits per heavy atom. The number of hydrogen-bond acceptors (Lipinski definition) is 7. The van der Waals surface area contributed by atoms with Crippen LogP contribution >= 0.6 is 11.8 Å². The molecular weight excluding hydrogens is 568 g/mol. The Morgan fingerprint density at radius 3 is 2.09 bits per heavy atom. The molecule has 10 heteroatoms. The van der Waals surface area contributed by atoms with Crippen molar-refractivity contribution in [3.8, 4) is 0 Å². The zero-order valence-electron chi connectivity index (χ0n) is 24.2. The quantitative estimate of drug-likeness (QED) is 0.122. The van der Waals surface area contributed by atoms with Gasteiger partial charge in [0.05, 0.1) is 18.8 Å². The van der Waals surface area contributed by atoms with Gasteiger partial charge in [-0.2, -0.15) is 0 Å². The molecule has 1 aliphatic rings. The topological polar surface area (TPSA) is 134 Å². The number of carbonyl (C=O) groups excluding carboxylic acids is 2.